The summed E-state index contributed by atoms with van der Waals surface area (Å²) in [5.74, 6) is -8.96. The second-order valence-corrected chi connectivity index (χ2v) is 15.7. The molecule has 0 rings (SSSR count). The number of nitrogens with one attached hydrogen (secondary N) is 8. The van der Waals surface area contributed by atoms with Gasteiger partial charge in [0.05, 0.1) is 25.8 Å². The van der Waals surface area contributed by atoms with Crippen molar-refractivity contribution < 1.29 is 58.5 Å². The Bertz CT molecular complexity index is 1450. The van der Waals surface area contributed by atoms with Crippen LogP contribution in [0.25, 0.3) is 0 Å². The van der Waals surface area contributed by atoms with E-state index in [2.05, 4.69) is 80.4 Å². The normalized spacial score (nSPS) is 15.2. The summed E-state index contributed by atoms with van der Waals surface area (Å²) in [7, 11) is 0. The number of aliphatic hydroxyl groups excluding tert-OH is 2. The molecule has 0 unspecified atom stereocenters. The van der Waals surface area contributed by atoms with Gasteiger partial charge in [-0.1, -0.05) is 27.7 Å². The van der Waals surface area contributed by atoms with Crippen molar-refractivity contribution in [2.75, 3.05) is 43.6 Å². The van der Waals surface area contributed by atoms with E-state index < -0.39 is 121 Å². The molecule has 0 aromatic rings. The predicted octanol–water partition coefficient (Wildman–Crippen LogP) is -5.10. The van der Waals surface area contributed by atoms with E-state index in [4.69, 9.17) is 16.6 Å². The van der Waals surface area contributed by atoms with Gasteiger partial charge < -0.3 is 69.3 Å². The standard InChI is InChI=1S/C35H64N10O12S3/c1-17(2)9-21(40-28(49)19(37)14-58)29(50)38-11-27(48)39-20(7-5-6-8-36)30(51)44-25(15-59)34(55)41-22(10-18(3)4)31(52)42-23(12-46)32(53)43-24(13-47)33(54)45-26(16-60)35(56)57/h17-26,46-47,58-60H,5-16,36-37H2,1-4H3,(H,38,50)(H,39,48)(H,40,49)(H,41,55)(H,42,52)(H,43,53)(H,44,51)(H,45,54)(H,56,57)/t19-,20-,21-,22-,23-,24-,25-,26-/m0/s1. The first-order chi connectivity index (χ1) is 28.2. The maximum Gasteiger partial charge on any atom is 0.327 e. The lowest BCUT2D eigenvalue weighted by Crippen LogP contribution is -2.61. The fourth-order valence-corrected chi connectivity index (χ4v) is 5.86. The molecule has 0 aromatic heterocycles. The number of hydrogen-bond donors (Lipinski definition) is 16. The quantitative estimate of drug-likeness (QED) is 0.0237. The number of carboxylic acids is 1. The number of aliphatic carboxylic acids is 1. The van der Waals surface area contributed by atoms with E-state index >= 15 is 0 Å². The minimum absolute atomic E-state index is 0.0126. The third-order valence-electron chi connectivity index (χ3n) is 8.48. The summed E-state index contributed by atoms with van der Waals surface area (Å²) < 4.78 is 0. The highest BCUT2D eigenvalue weighted by Gasteiger charge is 2.33. The molecule has 0 saturated heterocycles. The maximum absolute atomic E-state index is 13.5. The van der Waals surface area contributed by atoms with E-state index in [0.717, 1.165) is 0 Å². The summed E-state index contributed by atoms with van der Waals surface area (Å²) in [5.41, 5.74) is 11.3. The minimum Gasteiger partial charge on any atom is -0.480 e. The molecule has 0 heterocycles. The molecule has 0 aromatic carbocycles. The van der Waals surface area contributed by atoms with Crippen LogP contribution in [0.3, 0.4) is 0 Å². The Balaban J connectivity index is 5.86. The Hall–Kier alpha value is -3.88. The zero-order chi connectivity index (χ0) is 46.1. The molecule has 0 saturated carbocycles. The van der Waals surface area contributed by atoms with E-state index in [-0.39, 0.29) is 48.4 Å². The van der Waals surface area contributed by atoms with Crippen molar-refractivity contribution in [1.82, 2.24) is 42.5 Å². The first-order valence-corrected chi connectivity index (χ1v) is 21.2. The molecule has 8 amide bonds. The fraction of sp³-hybridized carbons (Fsp3) is 0.743. The van der Waals surface area contributed by atoms with Crippen LogP contribution in [0.15, 0.2) is 0 Å². The molecule has 60 heavy (non-hydrogen) atoms. The van der Waals surface area contributed by atoms with Gasteiger partial charge in [0.2, 0.25) is 47.3 Å². The SMILES string of the molecule is CC(C)C[C@H](NC(=O)[C@H](CS)NC(=O)[C@H](CCCCN)NC(=O)CNC(=O)[C@H](CC(C)C)NC(=O)[C@@H](N)CS)C(=O)N[C@@H](CO)C(=O)N[C@@H](CO)C(=O)N[C@@H](CS)C(=O)O. The Morgan fingerprint density at radius 2 is 0.917 bits per heavy atom. The van der Waals surface area contributed by atoms with Gasteiger partial charge in [-0.3, -0.25) is 38.4 Å². The largest absolute Gasteiger partial charge is 0.480 e. The van der Waals surface area contributed by atoms with E-state index in [1.54, 1.807) is 13.8 Å². The summed E-state index contributed by atoms with van der Waals surface area (Å²) >= 11 is 12.0. The molecule has 22 nitrogen and oxygen atoms in total. The van der Waals surface area contributed by atoms with Gasteiger partial charge in [0.1, 0.15) is 42.3 Å². The van der Waals surface area contributed by atoms with Crippen molar-refractivity contribution >= 4 is 91.1 Å². The number of rotatable bonds is 30. The average Bonchev–Trinajstić information content (AvgIpc) is 3.19. The number of carboxylic acid groups (broad SMARTS) is 1. The van der Waals surface area contributed by atoms with Crippen molar-refractivity contribution in [3.05, 3.63) is 0 Å². The summed E-state index contributed by atoms with van der Waals surface area (Å²) in [6.45, 7) is 4.92. The molecule has 0 fully saturated rings. The second kappa shape index (κ2) is 30.2. The molecular weight excluding hydrogens is 849 g/mol. The third-order valence-corrected chi connectivity index (χ3v) is 9.60. The van der Waals surface area contributed by atoms with Crippen molar-refractivity contribution in [1.29, 1.82) is 0 Å². The van der Waals surface area contributed by atoms with Crippen LogP contribution in [0.1, 0.15) is 59.8 Å². The maximum atomic E-state index is 13.5. The van der Waals surface area contributed by atoms with Gasteiger partial charge in [0.25, 0.3) is 0 Å². The molecule has 0 aliphatic heterocycles. The van der Waals surface area contributed by atoms with E-state index in [0.29, 0.717) is 19.4 Å². The molecule has 25 heteroatoms. The molecule has 344 valence electrons. The monoisotopic (exact) mass is 912 g/mol. The van der Waals surface area contributed by atoms with Gasteiger partial charge in [-0.25, -0.2) is 4.79 Å². The Morgan fingerprint density at radius 3 is 1.35 bits per heavy atom. The number of aliphatic hydroxyl groups is 2. The van der Waals surface area contributed by atoms with Crippen molar-refractivity contribution in [2.45, 2.75) is 108 Å². The smallest absolute Gasteiger partial charge is 0.327 e. The Kier molecular flexibility index (Phi) is 28.2. The zero-order valence-corrected chi connectivity index (χ0v) is 37.0. The first-order valence-electron chi connectivity index (χ1n) is 19.3. The second-order valence-electron chi connectivity index (χ2n) is 14.6. The summed E-state index contributed by atoms with van der Waals surface area (Å²) in [4.78, 5) is 115. The van der Waals surface area contributed by atoms with Gasteiger partial charge >= 0.3 is 5.97 Å². The molecule has 0 aliphatic carbocycles. The molecule has 8 atom stereocenters. The predicted molar refractivity (Wildman–Crippen MR) is 230 cm³/mol. The molecule has 15 N–H and O–H groups in total. The lowest BCUT2D eigenvalue weighted by molar-refractivity contribution is -0.142. The van der Waals surface area contributed by atoms with Gasteiger partial charge in [0, 0.05) is 17.3 Å². The van der Waals surface area contributed by atoms with E-state index in [1.165, 1.54) is 0 Å². The lowest BCUT2D eigenvalue weighted by atomic mass is 10.0. The van der Waals surface area contributed by atoms with Gasteiger partial charge in [-0.15, -0.1) is 0 Å². The number of carbonyl (C=O) groups excluding carboxylic acids is 8. The van der Waals surface area contributed by atoms with Crippen LogP contribution in [-0.2, 0) is 43.2 Å². The van der Waals surface area contributed by atoms with Crippen LogP contribution >= 0.6 is 37.9 Å². The highest BCUT2D eigenvalue weighted by atomic mass is 32.1. The van der Waals surface area contributed by atoms with Crippen LogP contribution in [0.4, 0.5) is 0 Å². The van der Waals surface area contributed by atoms with E-state index in [1.807, 2.05) is 13.8 Å². The number of hydrogen-bond acceptors (Lipinski definition) is 16. The molecule has 0 aliphatic rings. The molecule has 0 bridgehead atoms. The Morgan fingerprint density at radius 1 is 0.517 bits per heavy atom. The summed E-state index contributed by atoms with van der Waals surface area (Å²) in [5, 5.41) is 47.8. The average molecular weight is 913 g/mol. The van der Waals surface area contributed by atoms with Crippen molar-refractivity contribution in [3.8, 4) is 0 Å². The third kappa shape index (κ3) is 21.6. The first kappa shape index (κ1) is 56.1. The van der Waals surface area contributed by atoms with Crippen molar-refractivity contribution in [3.63, 3.8) is 0 Å². The number of amides is 8. The van der Waals surface area contributed by atoms with Crippen molar-refractivity contribution in [2.24, 2.45) is 23.3 Å². The molecular formula is C35H64N10O12S3. The lowest BCUT2D eigenvalue weighted by Gasteiger charge is -2.27. The van der Waals surface area contributed by atoms with Gasteiger partial charge in [0.15, 0.2) is 0 Å². The van der Waals surface area contributed by atoms with Crippen LogP contribution in [-0.4, -0.2) is 160 Å². The summed E-state index contributed by atoms with van der Waals surface area (Å²) in [6, 6.07) is -10.6. The topological polar surface area (TPSA) is 363 Å². The van der Waals surface area contributed by atoms with Gasteiger partial charge in [-0.2, -0.15) is 37.9 Å². The van der Waals surface area contributed by atoms with Gasteiger partial charge in [-0.05, 0) is 50.5 Å². The highest BCUT2D eigenvalue weighted by molar-refractivity contribution is 7.80. The number of nitrogens with two attached hydrogens (primary N) is 2. The minimum atomic E-state index is -1.69. The zero-order valence-electron chi connectivity index (χ0n) is 34.3. The summed E-state index contributed by atoms with van der Waals surface area (Å²) in [6.07, 6.45) is 1.23. The van der Waals surface area contributed by atoms with Crippen LogP contribution < -0.4 is 54.0 Å². The number of thiol groups is 3. The van der Waals surface area contributed by atoms with Crippen LogP contribution in [0, 0.1) is 11.8 Å². The van der Waals surface area contributed by atoms with E-state index in [9.17, 15) is 53.4 Å². The van der Waals surface area contributed by atoms with Crippen LogP contribution in [0.2, 0.25) is 0 Å². The molecule has 0 radical (unpaired) electrons. The number of unbranched alkanes of at least 4 members (excludes halogenated alkanes) is 1. The highest BCUT2D eigenvalue weighted by Crippen LogP contribution is 2.09. The number of carbonyl (C=O) groups is 9. The Labute approximate surface area is 366 Å². The fourth-order valence-electron chi connectivity index (χ4n) is 5.19. The van der Waals surface area contributed by atoms with Crippen LogP contribution in [0.5, 0.6) is 0 Å². The molecule has 0 spiro atoms.